The molecule has 190 valence electrons. The molecule has 3 aliphatic rings. The molecule has 1 N–H and O–H groups in total. The fraction of sp³-hybridized carbons (Fsp3) is 0.759. The Morgan fingerprint density at radius 3 is 1.71 bits per heavy atom. The second kappa shape index (κ2) is 10.6. The van der Waals surface area contributed by atoms with E-state index >= 15 is 0 Å². The molecule has 0 atom stereocenters. The Morgan fingerprint density at radius 2 is 1.26 bits per heavy atom. The van der Waals surface area contributed by atoms with E-state index in [-0.39, 0.29) is 23.5 Å². The summed E-state index contributed by atoms with van der Waals surface area (Å²) in [6.07, 6.45) is 9.61. The predicted octanol–water partition coefficient (Wildman–Crippen LogP) is 8.91. The van der Waals surface area contributed by atoms with Gasteiger partial charge in [0.25, 0.3) is 0 Å². The number of hydrogen-bond donors (Lipinski definition) is 1. The molecule has 0 aliphatic heterocycles. The Balaban J connectivity index is 1.37. The number of carbonyl (C=O) groups is 1. The van der Waals surface area contributed by atoms with E-state index in [1.54, 1.807) is 6.92 Å². The summed E-state index contributed by atoms with van der Waals surface area (Å²) in [6, 6.07) is 2.85. The molecule has 0 saturated heterocycles. The van der Waals surface area contributed by atoms with E-state index in [4.69, 9.17) is 0 Å². The first-order chi connectivity index (χ1) is 16.2. The average Bonchev–Trinajstić information content (AvgIpc) is 2.83. The van der Waals surface area contributed by atoms with Crippen LogP contribution in [-0.2, 0) is 6.18 Å². The van der Waals surface area contributed by atoms with E-state index in [0.29, 0.717) is 5.92 Å². The van der Waals surface area contributed by atoms with Crippen molar-refractivity contribution in [2.24, 2.45) is 29.6 Å². The van der Waals surface area contributed by atoms with E-state index in [1.165, 1.54) is 63.5 Å². The van der Waals surface area contributed by atoms with Gasteiger partial charge in [-0.3, -0.25) is 4.79 Å². The summed E-state index contributed by atoms with van der Waals surface area (Å²) in [6.45, 7) is 3.97. The molecule has 2 nitrogen and oxygen atoms in total. The lowest BCUT2D eigenvalue weighted by Gasteiger charge is -2.41. The molecule has 0 unspecified atom stereocenters. The van der Waals surface area contributed by atoms with Crippen LogP contribution in [0.15, 0.2) is 12.1 Å². The van der Waals surface area contributed by atoms with E-state index in [9.17, 15) is 23.1 Å². The van der Waals surface area contributed by atoms with Crippen molar-refractivity contribution in [1.82, 2.24) is 0 Å². The summed E-state index contributed by atoms with van der Waals surface area (Å²) in [7, 11) is 0. The minimum absolute atomic E-state index is 0.0669. The number of benzene rings is 1. The number of hydrogen-bond acceptors (Lipinski definition) is 2. The molecule has 1 aromatic rings. The number of ketones is 1. The maximum Gasteiger partial charge on any atom is 0.420 e. The van der Waals surface area contributed by atoms with E-state index in [0.717, 1.165) is 49.4 Å². The van der Waals surface area contributed by atoms with Gasteiger partial charge in [0.2, 0.25) is 0 Å². The number of phenolic OH excluding ortho intramolecular Hbond substituents is 1. The molecule has 3 fully saturated rings. The van der Waals surface area contributed by atoms with Gasteiger partial charge in [-0.25, -0.2) is 0 Å². The molecule has 5 heteroatoms. The second-order valence-corrected chi connectivity index (χ2v) is 11.5. The van der Waals surface area contributed by atoms with E-state index < -0.39 is 23.3 Å². The van der Waals surface area contributed by atoms with Crippen LogP contribution in [0.2, 0.25) is 0 Å². The first-order valence-corrected chi connectivity index (χ1v) is 13.6. The van der Waals surface area contributed by atoms with Crippen molar-refractivity contribution in [3.05, 3.63) is 28.8 Å². The van der Waals surface area contributed by atoms with Gasteiger partial charge in [0, 0.05) is 6.42 Å². The monoisotopic (exact) mass is 478 g/mol. The first kappa shape index (κ1) is 25.6. The molecule has 0 heterocycles. The molecule has 0 spiro atoms. The van der Waals surface area contributed by atoms with Crippen molar-refractivity contribution >= 4 is 5.78 Å². The van der Waals surface area contributed by atoms with Crippen molar-refractivity contribution < 1.29 is 23.1 Å². The summed E-state index contributed by atoms with van der Waals surface area (Å²) in [5.41, 5.74) is -1.03. The molecular weight excluding hydrogens is 437 g/mol. The zero-order valence-corrected chi connectivity index (χ0v) is 20.8. The van der Waals surface area contributed by atoms with Crippen molar-refractivity contribution in [3.8, 4) is 5.75 Å². The highest BCUT2D eigenvalue weighted by Gasteiger charge is 2.41. The maximum absolute atomic E-state index is 13.9. The van der Waals surface area contributed by atoms with Crippen LogP contribution in [0.4, 0.5) is 13.2 Å². The second-order valence-electron chi connectivity index (χ2n) is 11.5. The van der Waals surface area contributed by atoms with E-state index in [2.05, 4.69) is 6.92 Å². The molecular formula is C29H41F3O2. The highest BCUT2D eigenvalue weighted by molar-refractivity contribution is 5.99. The lowest BCUT2D eigenvalue weighted by Crippen LogP contribution is -2.29. The quantitative estimate of drug-likeness (QED) is 0.429. The molecule has 0 aromatic heterocycles. The largest absolute Gasteiger partial charge is 0.507 e. The van der Waals surface area contributed by atoms with Crippen LogP contribution in [0.3, 0.4) is 0 Å². The Kier molecular flexibility index (Phi) is 7.99. The van der Waals surface area contributed by atoms with Crippen molar-refractivity contribution in [1.29, 1.82) is 0 Å². The fourth-order valence-electron chi connectivity index (χ4n) is 7.41. The number of aromatic hydroxyl groups is 1. The van der Waals surface area contributed by atoms with Gasteiger partial charge >= 0.3 is 6.18 Å². The van der Waals surface area contributed by atoms with Crippen LogP contribution in [0.5, 0.6) is 5.75 Å². The van der Waals surface area contributed by atoms with Crippen molar-refractivity contribution in [2.45, 2.75) is 109 Å². The van der Waals surface area contributed by atoms with Gasteiger partial charge in [0.15, 0.2) is 5.78 Å². The summed E-state index contributed by atoms with van der Waals surface area (Å²) >= 11 is 0. The molecule has 1 aromatic carbocycles. The molecule has 0 amide bonds. The minimum atomic E-state index is -4.67. The zero-order valence-electron chi connectivity index (χ0n) is 20.8. The summed E-state index contributed by atoms with van der Waals surface area (Å²) in [4.78, 5) is 12.0. The molecule has 0 radical (unpaired) electrons. The van der Waals surface area contributed by atoms with Crippen molar-refractivity contribution in [3.63, 3.8) is 0 Å². The Bertz CT molecular complexity index is 838. The summed E-state index contributed by atoms with van der Waals surface area (Å²) in [5, 5.41) is 10.4. The standard InChI is InChI=1S/C29H41F3O2/c1-3-26(33)25-17-16-24(27(28(25)34)29(30,31)32)23-14-12-22(13-15-23)21-10-8-20(9-11-21)19-6-4-18(2)5-7-19/h16-23,34H,3-15H2,1-2H3. The van der Waals surface area contributed by atoms with Gasteiger partial charge < -0.3 is 5.11 Å². The highest BCUT2D eigenvalue weighted by Crippen LogP contribution is 2.50. The average molecular weight is 479 g/mol. The lowest BCUT2D eigenvalue weighted by atomic mass is 9.64. The fourth-order valence-corrected chi connectivity index (χ4v) is 7.41. The number of halogens is 3. The lowest BCUT2D eigenvalue weighted by molar-refractivity contribution is -0.139. The molecule has 4 rings (SSSR count). The third-order valence-corrected chi connectivity index (χ3v) is 9.54. The topological polar surface area (TPSA) is 37.3 Å². The van der Waals surface area contributed by atoms with Gasteiger partial charge in [-0.15, -0.1) is 0 Å². The molecule has 0 bridgehead atoms. The van der Waals surface area contributed by atoms with Gasteiger partial charge in [-0.05, 0) is 111 Å². The Hall–Kier alpha value is -1.52. The zero-order chi connectivity index (χ0) is 24.5. The van der Waals surface area contributed by atoms with Crippen molar-refractivity contribution in [2.75, 3.05) is 0 Å². The van der Waals surface area contributed by atoms with Crippen LogP contribution in [0, 0.1) is 29.6 Å². The Labute approximate surface area is 202 Å². The van der Waals surface area contributed by atoms with Gasteiger partial charge in [0.1, 0.15) is 11.3 Å². The summed E-state index contributed by atoms with van der Waals surface area (Å²) in [5.74, 6) is 2.50. The SMILES string of the molecule is CCC(=O)c1ccc(C2CCC(C3CCC(C4CCC(C)CC4)CC3)CC2)c(C(F)(F)F)c1O. The third kappa shape index (κ3) is 5.49. The van der Waals surface area contributed by atoms with Crippen LogP contribution in [-0.4, -0.2) is 10.9 Å². The third-order valence-electron chi connectivity index (χ3n) is 9.54. The van der Waals surface area contributed by atoms with Gasteiger partial charge in [-0.2, -0.15) is 13.2 Å². The number of rotatable bonds is 5. The number of phenols is 1. The van der Waals surface area contributed by atoms with Crippen LogP contribution in [0.1, 0.15) is 125 Å². The van der Waals surface area contributed by atoms with Gasteiger partial charge in [0.05, 0.1) is 5.56 Å². The van der Waals surface area contributed by atoms with E-state index in [1.807, 2.05) is 0 Å². The Morgan fingerprint density at radius 1 is 0.824 bits per heavy atom. The summed E-state index contributed by atoms with van der Waals surface area (Å²) < 4.78 is 41.8. The highest BCUT2D eigenvalue weighted by atomic mass is 19.4. The smallest absolute Gasteiger partial charge is 0.420 e. The first-order valence-electron chi connectivity index (χ1n) is 13.6. The number of alkyl halides is 3. The normalized spacial score (nSPS) is 33.0. The predicted molar refractivity (Wildman–Crippen MR) is 129 cm³/mol. The van der Waals surface area contributed by atoms with Crippen LogP contribution in [0.25, 0.3) is 0 Å². The minimum Gasteiger partial charge on any atom is -0.507 e. The van der Waals surface area contributed by atoms with Crippen LogP contribution < -0.4 is 0 Å². The van der Waals surface area contributed by atoms with Gasteiger partial charge in [-0.1, -0.05) is 32.8 Å². The molecule has 34 heavy (non-hydrogen) atoms. The maximum atomic E-state index is 13.9. The molecule has 3 aliphatic carbocycles. The van der Waals surface area contributed by atoms with Crippen LogP contribution >= 0.6 is 0 Å². The number of carbonyl (C=O) groups excluding carboxylic acids is 1. The molecule has 3 saturated carbocycles. The number of Topliss-reactive ketones (excluding diaryl/α,β-unsaturated/α-hetero) is 1.